The highest BCUT2D eigenvalue weighted by Gasteiger charge is 2.04. The highest BCUT2D eigenvalue weighted by molar-refractivity contribution is 9.10. The zero-order valence-corrected chi connectivity index (χ0v) is 12.6. The number of halogens is 1. The van der Waals surface area contributed by atoms with E-state index in [0.717, 1.165) is 36.5 Å². The number of ether oxygens (including phenoxy) is 1. The fourth-order valence-corrected chi connectivity index (χ4v) is 2.24. The molecule has 5 heteroatoms. The molecule has 0 radical (unpaired) electrons. The van der Waals surface area contributed by atoms with E-state index in [4.69, 9.17) is 4.74 Å². The van der Waals surface area contributed by atoms with Crippen molar-refractivity contribution >= 4 is 21.9 Å². The van der Waals surface area contributed by atoms with Crippen LogP contribution in [0, 0.1) is 0 Å². The first-order chi connectivity index (χ1) is 9.31. The highest BCUT2D eigenvalue weighted by atomic mass is 79.9. The molecule has 0 aliphatic rings. The molecule has 1 aromatic heterocycles. The van der Waals surface area contributed by atoms with E-state index in [9.17, 15) is 0 Å². The number of anilines is 1. The molecule has 1 N–H and O–H groups in total. The Morgan fingerprint density at radius 1 is 1.37 bits per heavy atom. The fraction of sp³-hybridized carbons (Fsp3) is 0.357. The van der Waals surface area contributed by atoms with Gasteiger partial charge < -0.3 is 14.6 Å². The number of aromatic nitrogens is 2. The summed E-state index contributed by atoms with van der Waals surface area (Å²) in [7, 11) is 1.72. The van der Waals surface area contributed by atoms with Gasteiger partial charge in [-0.25, -0.2) is 4.98 Å². The topological polar surface area (TPSA) is 39.1 Å². The van der Waals surface area contributed by atoms with Crippen molar-refractivity contribution in [2.24, 2.45) is 0 Å². The van der Waals surface area contributed by atoms with Crippen molar-refractivity contribution < 1.29 is 4.74 Å². The van der Waals surface area contributed by atoms with Crippen molar-refractivity contribution in [1.29, 1.82) is 0 Å². The number of imidazole rings is 1. The van der Waals surface area contributed by atoms with E-state index >= 15 is 0 Å². The number of hydrogen-bond donors (Lipinski definition) is 1. The third-order valence-corrected chi connectivity index (χ3v) is 3.60. The second-order valence-corrected chi connectivity index (χ2v) is 5.10. The molecule has 0 aliphatic heterocycles. The van der Waals surface area contributed by atoms with Crippen LogP contribution in [-0.4, -0.2) is 29.8 Å². The van der Waals surface area contributed by atoms with Crippen LogP contribution < -0.4 is 5.32 Å². The summed E-state index contributed by atoms with van der Waals surface area (Å²) in [6.07, 6.45) is 4.77. The lowest BCUT2D eigenvalue weighted by Crippen LogP contribution is -2.11. The van der Waals surface area contributed by atoms with Gasteiger partial charge in [0.15, 0.2) is 0 Å². The average molecular weight is 324 g/mol. The minimum absolute atomic E-state index is 0.762. The molecule has 0 saturated heterocycles. The smallest absolute Gasteiger partial charge is 0.203 e. The fourth-order valence-electron chi connectivity index (χ4n) is 1.83. The Morgan fingerprint density at radius 3 is 3.00 bits per heavy atom. The first-order valence-electron chi connectivity index (χ1n) is 6.28. The molecule has 1 aromatic carbocycles. The molecule has 19 heavy (non-hydrogen) atoms. The molecule has 0 aliphatic carbocycles. The Kier molecular flexibility index (Phi) is 5.42. The number of benzene rings is 1. The van der Waals surface area contributed by atoms with Crippen molar-refractivity contribution in [1.82, 2.24) is 9.55 Å². The Balaban J connectivity index is 1.98. The van der Waals surface area contributed by atoms with Crippen LogP contribution in [0.5, 0.6) is 0 Å². The van der Waals surface area contributed by atoms with Crippen LogP contribution in [0.1, 0.15) is 12.0 Å². The van der Waals surface area contributed by atoms with Gasteiger partial charge in [-0.2, -0.15) is 0 Å². The Bertz CT molecular complexity index is 513. The van der Waals surface area contributed by atoms with Crippen LogP contribution in [0.25, 0.3) is 0 Å². The zero-order valence-electron chi connectivity index (χ0n) is 11.0. The maximum Gasteiger partial charge on any atom is 0.203 e. The summed E-state index contributed by atoms with van der Waals surface area (Å²) in [5.74, 6) is 0.895. The van der Waals surface area contributed by atoms with Crippen LogP contribution in [0.3, 0.4) is 0 Å². The van der Waals surface area contributed by atoms with Gasteiger partial charge >= 0.3 is 0 Å². The molecule has 102 valence electrons. The summed E-state index contributed by atoms with van der Waals surface area (Å²) in [6.45, 7) is 2.42. The normalized spacial score (nSPS) is 10.6. The lowest BCUT2D eigenvalue weighted by molar-refractivity contribution is 0.197. The van der Waals surface area contributed by atoms with Crippen molar-refractivity contribution in [3.05, 3.63) is 46.7 Å². The monoisotopic (exact) mass is 323 g/mol. The Morgan fingerprint density at radius 2 is 2.21 bits per heavy atom. The molecule has 0 amide bonds. The van der Waals surface area contributed by atoms with Crippen LogP contribution in [-0.2, 0) is 11.3 Å². The van der Waals surface area contributed by atoms with Crippen LogP contribution in [0.4, 0.5) is 5.95 Å². The third kappa shape index (κ3) is 4.08. The van der Waals surface area contributed by atoms with Gasteiger partial charge in [0.05, 0.1) is 6.54 Å². The second kappa shape index (κ2) is 7.31. The van der Waals surface area contributed by atoms with Gasteiger partial charge in [-0.3, -0.25) is 0 Å². The summed E-state index contributed by atoms with van der Waals surface area (Å²) in [5, 5.41) is 3.32. The SMILES string of the molecule is COCCCNc1nccn1Cc1ccccc1Br. The number of rotatable bonds is 7. The maximum atomic E-state index is 5.03. The lowest BCUT2D eigenvalue weighted by atomic mass is 10.2. The second-order valence-electron chi connectivity index (χ2n) is 4.24. The minimum Gasteiger partial charge on any atom is -0.385 e. The van der Waals surface area contributed by atoms with Crippen LogP contribution in [0.2, 0.25) is 0 Å². The molecule has 0 saturated carbocycles. The van der Waals surface area contributed by atoms with Crippen LogP contribution in [0.15, 0.2) is 41.1 Å². The van der Waals surface area contributed by atoms with E-state index in [1.165, 1.54) is 5.56 Å². The molecule has 0 atom stereocenters. The quantitative estimate of drug-likeness (QED) is 0.795. The number of methoxy groups -OCH3 is 1. The molecule has 4 nitrogen and oxygen atoms in total. The van der Waals surface area contributed by atoms with E-state index < -0.39 is 0 Å². The molecule has 0 fully saturated rings. The van der Waals surface area contributed by atoms with E-state index in [-0.39, 0.29) is 0 Å². The largest absolute Gasteiger partial charge is 0.385 e. The summed E-state index contributed by atoms with van der Waals surface area (Å²) in [5.41, 5.74) is 1.24. The molecule has 2 aromatic rings. The van der Waals surface area contributed by atoms with Gasteiger partial charge in [0.1, 0.15) is 0 Å². The van der Waals surface area contributed by atoms with E-state index in [0.29, 0.717) is 0 Å². The summed E-state index contributed by atoms with van der Waals surface area (Å²) < 4.78 is 8.25. The summed E-state index contributed by atoms with van der Waals surface area (Å²) >= 11 is 3.57. The predicted octanol–water partition coefficient (Wildman–Crippen LogP) is 3.14. The molecule has 2 rings (SSSR count). The molecule has 0 unspecified atom stereocenters. The van der Waals surface area contributed by atoms with Crippen LogP contribution >= 0.6 is 15.9 Å². The van der Waals surface area contributed by atoms with E-state index in [1.807, 2.05) is 24.5 Å². The van der Waals surface area contributed by atoms with Gasteiger partial charge in [-0.1, -0.05) is 34.1 Å². The number of nitrogens with zero attached hydrogens (tertiary/aromatic N) is 2. The van der Waals surface area contributed by atoms with Gasteiger partial charge in [-0.05, 0) is 18.1 Å². The first kappa shape index (κ1) is 14.1. The van der Waals surface area contributed by atoms with Crippen molar-refractivity contribution in [2.75, 3.05) is 25.6 Å². The third-order valence-electron chi connectivity index (χ3n) is 2.82. The molecular formula is C14H18BrN3O. The van der Waals surface area contributed by atoms with Gasteiger partial charge in [0, 0.05) is 37.1 Å². The maximum absolute atomic E-state index is 5.03. The number of hydrogen-bond acceptors (Lipinski definition) is 3. The Hall–Kier alpha value is -1.33. The van der Waals surface area contributed by atoms with Crippen molar-refractivity contribution in [2.45, 2.75) is 13.0 Å². The van der Waals surface area contributed by atoms with E-state index in [2.05, 4.69) is 42.9 Å². The standard InChI is InChI=1S/C14H18BrN3O/c1-19-10-4-7-16-14-17-8-9-18(14)11-12-5-2-3-6-13(12)15/h2-3,5-6,8-9H,4,7,10-11H2,1H3,(H,16,17). The van der Waals surface area contributed by atoms with Gasteiger partial charge in [-0.15, -0.1) is 0 Å². The van der Waals surface area contributed by atoms with Gasteiger partial charge in [0.2, 0.25) is 5.95 Å². The highest BCUT2D eigenvalue weighted by Crippen LogP contribution is 2.18. The molecule has 1 heterocycles. The van der Waals surface area contributed by atoms with Crippen molar-refractivity contribution in [3.8, 4) is 0 Å². The summed E-state index contributed by atoms with van der Waals surface area (Å²) in [4.78, 5) is 4.34. The predicted molar refractivity (Wildman–Crippen MR) is 80.5 cm³/mol. The zero-order chi connectivity index (χ0) is 13.5. The molecular weight excluding hydrogens is 306 g/mol. The Labute approximate surface area is 121 Å². The first-order valence-corrected chi connectivity index (χ1v) is 7.08. The molecule has 0 spiro atoms. The number of nitrogens with one attached hydrogen (secondary N) is 1. The summed E-state index contributed by atoms with van der Waals surface area (Å²) in [6, 6.07) is 8.23. The lowest BCUT2D eigenvalue weighted by Gasteiger charge is -2.10. The average Bonchev–Trinajstić information content (AvgIpc) is 2.85. The van der Waals surface area contributed by atoms with E-state index in [1.54, 1.807) is 7.11 Å². The van der Waals surface area contributed by atoms with Crippen molar-refractivity contribution in [3.63, 3.8) is 0 Å². The van der Waals surface area contributed by atoms with Gasteiger partial charge in [0.25, 0.3) is 0 Å². The molecule has 0 bridgehead atoms. The minimum atomic E-state index is 0.762.